The van der Waals surface area contributed by atoms with Gasteiger partial charge in [0.05, 0.1) is 18.8 Å². The first-order chi connectivity index (χ1) is 13.1. The molecule has 3 rings (SSSR count). The molecule has 3 aromatic rings. The number of benzene rings is 2. The molecule has 27 heavy (non-hydrogen) atoms. The summed E-state index contributed by atoms with van der Waals surface area (Å²) in [6, 6.07) is 18.0. The van der Waals surface area contributed by atoms with Crippen molar-refractivity contribution in [3.63, 3.8) is 0 Å². The van der Waals surface area contributed by atoms with Crippen LogP contribution >= 0.6 is 0 Å². The van der Waals surface area contributed by atoms with Gasteiger partial charge in [-0.3, -0.25) is 9.59 Å². The Morgan fingerprint density at radius 2 is 1.74 bits per heavy atom. The van der Waals surface area contributed by atoms with E-state index in [1.54, 1.807) is 35.0 Å². The Hall–Kier alpha value is -3.45. The molecule has 0 saturated carbocycles. The Morgan fingerprint density at radius 1 is 1.04 bits per heavy atom. The molecule has 0 spiro atoms. The minimum Gasteiger partial charge on any atom is -0.394 e. The second kappa shape index (κ2) is 8.29. The molecule has 0 unspecified atom stereocenters. The third kappa shape index (κ3) is 4.59. The van der Waals surface area contributed by atoms with Crippen LogP contribution in [0.4, 0.5) is 11.5 Å². The lowest BCUT2D eigenvalue weighted by atomic mass is 10.1. The summed E-state index contributed by atoms with van der Waals surface area (Å²) < 4.78 is 1.56. The second-order valence-electron chi connectivity index (χ2n) is 5.94. The first-order valence-corrected chi connectivity index (χ1v) is 8.50. The van der Waals surface area contributed by atoms with Gasteiger partial charge in [0.15, 0.2) is 0 Å². The van der Waals surface area contributed by atoms with E-state index >= 15 is 0 Å². The van der Waals surface area contributed by atoms with Crippen molar-refractivity contribution in [2.45, 2.75) is 13.5 Å². The maximum absolute atomic E-state index is 12.5. The Kier molecular flexibility index (Phi) is 5.63. The number of nitrogens with one attached hydrogen (secondary N) is 2. The van der Waals surface area contributed by atoms with Crippen molar-refractivity contribution >= 4 is 23.3 Å². The van der Waals surface area contributed by atoms with E-state index in [2.05, 4.69) is 15.7 Å². The summed E-state index contributed by atoms with van der Waals surface area (Å²) in [6.07, 6.45) is 0. The quantitative estimate of drug-likeness (QED) is 0.627. The van der Waals surface area contributed by atoms with E-state index in [1.165, 1.54) is 6.92 Å². The predicted molar refractivity (Wildman–Crippen MR) is 103 cm³/mol. The number of carbonyl (C=O) groups is 2. The molecule has 0 atom stereocenters. The van der Waals surface area contributed by atoms with E-state index in [0.717, 1.165) is 5.56 Å². The van der Waals surface area contributed by atoms with Crippen LogP contribution in [0, 0.1) is 0 Å². The molecule has 0 saturated heterocycles. The van der Waals surface area contributed by atoms with Gasteiger partial charge in [0.25, 0.3) is 5.91 Å². The zero-order chi connectivity index (χ0) is 19.2. The van der Waals surface area contributed by atoms with Crippen LogP contribution in [-0.2, 0) is 11.3 Å². The monoisotopic (exact) mass is 364 g/mol. The fourth-order valence-corrected chi connectivity index (χ4v) is 2.63. The van der Waals surface area contributed by atoms with Crippen molar-refractivity contribution in [1.82, 2.24) is 9.78 Å². The van der Waals surface area contributed by atoms with Gasteiger partial charge in [-0.1, -0.05) is 30.3 Å². The average molecular weight is 364 g/mol. The third-order valence-electron chi connectivity index (χ3n) is 3.87. The zero-order valence-electron chi connectivity index (χ0n) is 14.8. The number of aliphatic hydroxyl groups excluding tert-OH is 1. The number of aromatic nitrogens is 2. The summed E-state index contributed by atoms with van der Waals surface area (Å²) >= 11 is 0. The van der Waals surface area contributed by atoms with E-state index in [1.807, 2.05) is 30.3 Å². The first kappa shape index (κ1) is 18.3. The largest absolute Gasteiger partial charge is 0.394 e. The van der Waals surface area contributed by atoms with Gasteiger partial charge < -0.3 is 15.7 Å². The standard InChI is InChI=1S/C20H20N4O3/c1-14(26)21-17-9-7-16(8-10-17)20(27)22-19-13-18(23-24(19)11-12-25)15-5-3-2-4-6-15/h2-10,13,25H,11-12H2,1H3,(H,21,26)(H,22,27). The van der Waals surface area contributed by atoms with Crippen molar-refractivity contribution in [1.29, 1.82) is 0 Å². The molecule has 0 fully saturated rings. The highest BCUT2D eigenvalue weighted by molar-refractivity contribution is 6.04. The summed E-state index contributed by atoms with van der Waals surface area (Å²) in [7, 11) is 0. The summed E-state index contributed by atoms with van der Waals surface area (Å²) in [5, 5.41) is 19.2. The summed E-state index contributed by atoms with van der Waals surface area (Å²) in [5.41, 5.74) is 2.70. The number of hydrogen-bond donors (Lipinski definition) is 3. The molecule has 0 bridgehead atoms. The van der Waals surface area contributed by atoms with Gasteiger partial charge in [0.2, 0.25) is 5.91 Å². The molecule has 1 heterocycles. The zero-order valence-corrected chi connectivity index (χ0v) is 14.8. The van der Waals surface area contributed by atoms with Gasteiger partial charge in [-0.2, -0.15) is 5.10 Å². The molecule has 7 heteroatoms. The van der Waals surface area contributed by atoms with Crippen LogP contribution in [0.15, 0.2) is 60.7 Å². The lowest BCUT2D eigenvalue weighted by Gasteiger charge is -2.08. The second-order valence-corrected chi connectivity index (χ2v) is 5.94. The molecule has 0 aliphatic rings. The van der Waals surface area contributed by atoms with Crippen molar-refractivity contribution in [3.8, 4) is 11.3 Å². The Morgan fingerprint density at radius 3 is 2.37 bits per heavy atom. The van der Waals surface area contributed by atoms with Crippen LogP contribution in [0.3, 0.4) is 0 Å². The Bertz CT molecular complexity index is 934. The van der Waals surface area contributed by atoms with Crippen LogP contribution in [0.5, 0.6) is 0 Å². The fourth-order valence-electron chi connectivity index (χ4n) is 2.63. The predicted octanol–water partition coefficient (Wildman–Crippen LogP) is 2.75. The van der Waals surface area contributed by atoms with E-state index < -0.39 is 0 Å². The van der Waals surface area contributed by atoms with Gasteiger partial charge in [-0.25, -0.2) is 4.68 Å². The molecular formula is C20H20N4O3. The summed E-state index contributed by atoms with van der Waals surface area (Å²) in [5.74, 6) is 0.0236. The smallest absolute Gasteiger partial charge is 0.256 e. The van der Waals surface area contributed by atoms with Crippen molar-refractivity contribution in [2.24, 2.45) is 0 Å². The molecule has 2 amide bonds. The molecule has 0 aliphatic heterocycles. The highest BCUT2D eigenvalue weighted by Gasteiger charge is 2.13. The van der Waals surface area contributed by atoms with Crippen LogP contribution in [0.2, 0.25) is 0 Å². The van der Waals surface area contributed by atoms with Crippen LogP contribution < -0.4 is 10.6 Å². The number of rotatable bonds is 6. The van der Waals surface area contributed by atoms with Crippen molar-refractivity contribution in [3.05, 3.63) is 66.2 Å². The Labute approximate surface area is 156 Å². The molecule has 2 aromatic carbocycles. The molecule has 0 aliphatic carbocycles. The van der Waals surface area contributed by atoms with E-state index in [0.29, 0.717) is 22.8 Å². The van der Waals surface area contributed by atoms with Gasteiger partial charge in [0, 0.05) is 29.8 Å². The fraction of sp³-hybridized carbons (Fsp3) is 0.150. The van der Waals surface area contributed by atoms with Crippen molar-refractivity contribution in [2.75, 3.05) is 17.2 Å². The molecule has 138 valence electrons. The maximum Gasteiger partial charge on any atom is 0.256 e. The number of hydrogen-bond acceptors (Lipinski definition) is 4. The molecular weight excluding hydrogens is 344 g/mol. The number of carbonyl (C=O) groups excluding carboxylic acids is 2. The lowest BCUT2D eigenvalue weighted by Crippen LogP contribution is -2.16. The number of anilines is 2. The van der Waals surface area contributed by atoms with Crippen molar-refractivity contribution < 1.29 is 14.7 Å². The molecule has 3 N–H and O–H groups in total. The minimum atomic E-state index is -0.303. The highest BCUT2D eigenvalue weighted by Crippen LogP contribution is 2.22. The SMILES string of the molecule is CC(=O)Nc1ccc(C(=O)Nc2cc(-c3ccccc3)nn2CCO)cc1. The Balaban J connectivity index is 1.80. The molecule has 7 nitrogen and oxygen atoms in total. The number of aliphatic hydroxyl groups is 1. The maximum atomic E-state index is 12.5. The van der Waals surface area contributed by atoms with Gasteiger partial charge in [0.1, 0.15) is 5.82 Å². The first-order valence-electron chi connectivity index (χ1n) is 8.50. The van der Waals surface area contributed by atoms with E-state index in [-0.39, 0.29) is 25.0 Å². The average Bonchev–Trinajstić information content (AvgIpc) is 3.05. The van der Waals surface area contributed by atoms with Crippen LogP contribution in [-0.4, -0.2) is 33.3 Å². The molecule has 1 aromatic heterocycles. The van der Waals surface area contributed by atoms with E-state index in [9.17, 15) is 14.7 Å². The highest BCUT2D eigenvalue weighted by atomic mass is 16.3. The van der Waals surface area contributed by atoms with E-state index in [4.69, 9.17) is 0 Å². The van der Waals surface area contributed by atoms with Gasteiger partial charge in [-0.15, -0.1) is 0 Å². The summed E-state index contributed by atoms with van der Waals surface area (Å²) in [6.45, 7) is 1.60. The van der Waals surface area contributed by atoms with Gasteiger partial charge >= 0.3 is 0 Å². The third-order valence-corrected chi connectivity index (χ3v) is 3.87. The van der Waals surface area contributed by atoms with Crippen LogP contribution in [0.1, 0.15) is 17.3 Å². The summed E-state index contributed by atoms with van der Waals surface area (Å²) in [4.78, 5) is 23.6. The minimum absolute atomic E-state index is 0.0931. The number of nitrogens with zero attached hydrogens (tertiary/aromatic N) is 2. The van der Waals surface area contributed by atoms with Crippen LogP contribution in [0.25, 0.3) is 11.3 Å². The molecule has 0 radical (unpaired) electrons. The lowest BCUT2D eigenvalue weighted by molar-refractivity contribution is -0.114. The topological polar surface area (TPSA) is 96.3 Å². The number of amides is 2. The normalized spacial score (nSPS) is 10.4. The van der Waals surface area contributed by atoms with Gasteiger partial charge in [-0.05, 0) is 24.3 Å².